The van der Waals surface area contributed by atoms with Crippen molar-refractivity contribution in [3.05, 3.63) is 0 Å². The second-order valence-corrected chi connectivity index (χ2v) is 8.74. The van der Waals surface area contributed by atoms with Crippen LogP contribution in [-0.2, 0) is 14.3 Å². The summed E-state index contributed by atoms with van der Waals surface area (Å²) >= 11 is 0. The van der Waals surface area contributed by atoms with Crippen LogP contribution in [0.2, 0.25) is 0 Å². The number of hydrogen-bond acceptors (Lipinski definition) is 4. The van der Waals surface area contributed by atoms with Gasteiger partial charge in [0.15, 0.2) is 0 Å². The highest BCUT2D eigenvalue weighted by Gasteiger charge is 2.21. The Balaban J connectivity index is 3.59. The molecule has 0 rings (SSSR count). The summed E-state index contributed by atoms with van der Waals surface area (Å²) in [5, 5.41) is 2.64. The van der Waals surface area contributed by atoms with Gasteiger partial charge in [-0.1, -0.05) is 117 Å². The van der Waals surface area contributed by atoms with Gasteiger partial charge >= 0.3 is 12.1 Å². The van der Waals surface area contributed by atoms with Gasteiger partial charge in [-0.05, 0) is 19.3 Å². The molecule has 0 aliphatic carbocycles. The van der Waals surface area contributed by atoms with Gasteiger partial charge in [-0.2, -0.15) is 0 Å². The number of hydrogen-bond donors (Lipinski definition) is 1. The zero-order chi connectivity index (χ0) is 23.0. The fourth-order valence-corrected chi connectivity index (χ4v) is 3.60. The summed E-state index contributed by atoms with van der Waals surface area (Å²) in [6, 6.07) is -0.606. The fourth-order valence-electron chi connectivity index (χ4n) is 3.60. The van der Waals surface area contributed by atoms with E-state index in [1.54, 1.807) is 0 Å². The van der Waals surface area contributed by atoms with Gasteiger partial charge < -0.3 is 14.8 Å². The van der Waals surface area contributed by atoms with E-state index in [2.05, 4.69) is 12.2 Å². The average Bonchev–Trinajstić information content (AvgIpc) is 2.76. The summed E-state index contributed by atoms with van der Waals surface area (Å²) in [6.45, 7) is 7.11. The minimum atomic E-state index is -0.606. The fraction of sp³-hybridized carbons (Fsp3) is 0.923. The maximum atomic E-state index is 12.2. The van der Waals surface area contributed by atoms with Crippen LogP contribution in [0.1, 0.15) is 136 Å². The number of amides is 1. The largest absolute Gasteiger partial charge is 0.464 e. The summed E-state index contributed by atoms with van der Waals surface area (Å²) in [5.41, 5.74) is 0. The standard InChI is InChI=1S/C26H51NO4/c1-4-7-9-10-11-12-13-14-15-16-17-18-19-20-23-30-25(28)24(21-6-3)27-26(29)31-22-8-5-2/h24H,4-23H2,1-3H3,(H,27,29). The SMILES string of the molecule is CCCCCCCCCCCCCCCCOC(=O)C(CCC)NC(=O)OCCCC. The maximum absolute atomic E-state index is 12.2. The van der Waals surface area contributed by atoms with Crippen molar-refractivity contribution in [1.82, 2.24) is 5.32 Å². The number of rotatable bonds is 22. The molecule has 0 bridgehead atoms. The predicted octanol–water partition coefficient (Wildman–Crippen LogP) is 7.71. The molecule has 1 amide bonds. The van der Waals surface area contributed by atoms with Crippen molar-refractivity contribution in [3.8, 4) is 0 Å². The molecular formula is C26H51NO4. The molecule has 0 fully saturated rings. The molecule has 0 aromatic heterocycles. The molecule has 31 heavy (non-hydrogen) atoms. The number of unbranched alkanes of at least 4 members (excludes halogenated alkanes) is 14. The van der Waals surface area contributed by atoms with E-state index in [1.165, 1.54) is 77.0 Å². The predicted molar refractivity (Wildman–Crippen MR) is 129 cm³/mol. The van der Waals surface area contributed by atoms with Crippen molar-refractivity contribution in [2.45, 2.75) is 142 Å². The van der Waals surface area contributed by atoms with Crippen LogP contribution in [0.25, 0.3) is 0 Å². The van der Waals surface area contributed by atoms with E-state index in [-0.39, 0.29) is 5.97 Å². The van der Waals surface area contributed by atoms with Crippen molar-refractivity contribution >= 4 is 12.1 Å². The molecule has 0 saturated heterocycles. The molecule has 1 N–H and O–H groups in total. The van der Waals surface area contributed by atoms with Crippen molar-refractivity contribution < 1.29 is 19.1 Å². The Labute approximate surface area is 192 Å². The zero-order valence-electron chi connectivity index (χ0n) is 20.9. The monoisotopic (exact) mass is 441 g/mol. The molecular weight excluding hydrogens is 390 g/mol. The number of nitrogens with one attached hydrogen (secondary N) is 1. The van der Waals surface area contributed by atoms with Crippen LogP contribution in [0.5, 0.6) is 0 Å². The molecule has 184 valence electrons. The molecule has 0 spiro atoms. The molecule has 0 saturated carbocycles. The van der Waals surface area contributed by atoms with Crippen LogP contribution in [0.15, 0.2) is 0 Å². The lowest BCUT2D eigenvalue weighted by Gasteiger charge is -2.17. The molecule has 1 unspecified atom stereocenters. The minimum Gasteiger partial charge on any atom is -0.464 e. The number of carbonyl (C=O) groups is 2. The average molecular weight is 442 g/mol. The number of carbonyl (C=O) groups excluding carboxylic acids is 2. The van der Waals surface area contributed by atoms with E-state index >= 15 is 0 Å². The normalized spacial score (nSPS) is 11.8. The molecule has 0 aromatic carbocycles. The third kappa shape index (κ3) is 20.4. The third-order valence-electron chi connectivity index (χ3n) is 5.63. The van der Waals surface area contributed by atoms with Crippen molar-refractivity contribution in [2.75, 3.05) is 13.2 Å². The van der Waals surface area contributed by atoms with Gasteiger partial charge in [-0.15, -0.1) is 0 Å². The van der Waals surface area contributed by atoms with Gasteiger partial charge in [0.1, 0.15) is 6.04 Å². The van der Waals surface area contributed by atoms with Gasteiger partial charge in [0.25, 0.3) is 0 Å². The number of esters is 1. The smallest absolute Gasteiger partial charge is 0.407 e. The van der Waals surface area contributed by atoms with Gasteiger partial charge in [-0.25, -0.2) is 9.59 Å². The highest BCUT2D eigenvalue weighted by molar-refractivity contribution is 5.81. The summed E-state index contributed by atoms with van der Waals surface area (Å²) in [5.74, 6) is -0.344. The Morgan fingerprint density at radius 2 is 1.03 bits per heavy atom. The quantitative estimate of drug-likeness (QED) is 0.138. The molecule has 5 nitrogen and oxygen atoms in total. The van der Waals surface area contributed by atoms with Crippen LogP contribution < -0.4 is 5.32 Å². The van der Waals surface area contributed by atoms with E-state index in [0.29, 0.717) is 19.6 Å². The summed E-state index contributed by atoms with van der Waals surface area (Å²) < 4.78 is 10.5. The third-order valence-corrected chi connectivity index (χ3v) is 5.63. The first-order chi connectivity index (χ1) is 15.2. The van der Waals surface area contributed by atoms with E-state index < -0.39 is 12.1 Å². The first kappa shape index (κ1) is 29.7. The van der Waals surface area contributed by atoms with E-state index in [1.807, 2.05) is 13.8 Å². The van der Waals surface area contributed by atoms with Gasteiger partial charge in [0, 0.05) is 0 Å². The van der Waals surface area contributed by atoms with Crippen LogP contribution in [0.4, 0.5) is 4.79 Å². The summed E-state index contributed by atoms with van der Waals surface area (Å²) in [7, 11) is 0. The molecule has 5 heteroatoms. The lowest BCUT2D eigenvalue weighted by atomic mass is 10.0. The highest BCUT2D eigenvalue weighted by Crippen LogP contribution is 2.13. The lowest BCUT2D eigenvalue weighted by molar-refractivity contribution is -0.146. The summed E-state index contributed by atoms with van der Waals surface area (Å²) in [6.07, 6.45) is 20.9. The minimum absolute atomic E-state index is 0.344. The zero-order valence-corrected chi connectivity index (χ0v) is 20.9. The molecule has 0 aliphatic rings. The molecule has 0 aromatic rings. The Morgan fingerprint density at radius 1 is 0.581 bits per heavy atom. The van der Waals surface area contributed by atoms with E-state index in [9.17, 15) is 9.59 Å². The van der Waals surface area contributed by atoms with Crippen LogP contribution in [0.3, 0.4) is 0 Å². The second kappa shape index (κ2) is 23.4. The molecule has 1 atom stereocenters. The van der Waals surface area contributed by atoms with Crippen LogP contribution in [0, 0.1) is 0 Å². The van der Waals surface area contributed by atoms with Crippen LogP contribution >= 0.6 is 0 Å². The Morgan fingerprint density at radius 3 is 1.52 bits per heavy atom. The first-order valence-corrected chi connectivity index (χ1v) is 13.3. The molecule has 0 aliphatic heterocycles. The lowest BCUT2D eigenvalue weighted by Crippen LogP contribution is -2.42. The molecule has 0 heterocycles. The van der Waals surface area contributed by atoms with E-state index in [4.69, 9.17) is 9.47 Å². The van der Waals surface area contributed by atoms with Gasteiger partial charge in [0.05, 0.1) is 13.2 Å². The topological polar surface area (TPSA) is 64.6 Å². The summed E-state index contributed by atoms with van der Waals surface area (Å²) in [4.78, 5) is 24.0. The molecule has 0 radical (unpaired) electrons. The van der Waals surface area contributed by atoms with Crippen molar-refractivity contribution in [3.63, 3.8) is 0 Å². The second-order valence-electron chi connectivity index (χ2n) is 8.74. The Kier molecular flexibility index (Phi) is 22.5. The Bertz CT molecular complexity index is 414. The van der Waals surface area contributed by atoms with Crippen LogP contribution in [-0.4, -0.2) is 31.3 Å². The number of alkyl carbamates (subject to hydrolysis) is 1. The highest BCUT2D eigenvalue weighted by atomic mass is 16.6. The van der Waals surface area contributed by atoms with Crippen molar-refractivity contribution in [1.29, 1.82) is 0 Å². The maximum Gasteiger partial charge on any atom is 0.407 e. The van der Waals surface area contributed by atoms with Gasteiger partial charge in [0.2, 0.25) is 0 Å². The van der Waals surface area contributed by atoms with Crippen molar-refractivity contribution in [2.24, 2.45) is 0 Å². The van der Waals surface area contributed by atoms with Gasteiger partial charge in [-0.3, -0.25) is 0 Å². The Hall–Kier alpha value is -1.26. The van der Waals surface area contributed by atoms with E-state index in [0.717, 1.165) is 32.1 Å². The first-order valence-electron chi connectivity index (χ1n) is 13.3. The number of ether oxygens (including phenoxy) is 2.